The van der Waals surface area contributed by atoms with Crippen LogP contribution in [0.3, 0.4) is 0 Å². The molecule has 0 spiro atoms. The molecule has 5 aromatic rings. The summed E-state index contributed by atoms with van der Waals surface area (Å²) >= 11 is 6.04. The van der Waals surface area contributed by atoms with E-state index in [1.165, 1.54) is 23.0 Å². The summed E-state index contributed by atoms with van der Waals surface area (Å²) in [6.07, 6.45) is 1.46. The molecule has 0 saturated heterocycles. The van der Waals surface area contributed by atoms with Crippen LogP contribution in [0.5, 0.6) is 0 Å². The van der Waals surface area contributed by atoms with Crippen molar-refractivity contribution in [1.29, 1.82) is 0 Å². The van der Waals surface area contributed by atoms with Crippen molar-refractivity contribution < 1.29 is 4.92 Å². The molecule has 0 radical (unpaired) electrons. The lowest BCUT2D eigenvalue weighted by atomic mass is 10.2. The van der Waals surface area contributed by atoms with Gasteiger partial charge in [0, 0.05) is 23.7 Å². The molecule has 5 rings (SSSR count). The Morgan fingerprint density at radius 2 is 1.60 bits per heavy atom. The number of benzene rings is 3. The number of rotatable bonds is 6. The first-order valence-electron chi connectivity index (χ1n) is 10.7. The molecule has 0 bridgehead atoms. The van der Waals surface area contributed by atoms with Gasteiger partial charge in [-0.3, -0.25) is 19.5 Å². The van der Waals surface area contributed by atoms with Gasteiger partial charge in [0.05, 0.1) is 23.5 Å². The minimum Gasteiger partial charge on any atom is -0.320 e. The van der Waals surface area contributed by atoms with Crippen molar-refractivity contribution >= 4 is 28.5 Å². The van der Waals surface area contributed by atoms with Crippen LogP contribution in [-0.4, -0.2) is 23.6 Å². The van der Waals surface area contributed by atoms with Crippen molar-refractivity contribution in [3.05, 3.63) is 132 Å². The van der Waals surface area contributed by atoms with Gasteiger partial charge in [-0.25, -0.2) is 14.3 Å². The van der Waals surface area contributed by atoms with Gasteiger partial charge in [-0.2, -0.15) is 0 Å². The predicted molar refractivity (Wildman–Crippen MR) is 132 cm³/mol. The second-order valence-corrected chi connectivity index (χ2v) is 8.38. The first-order chi connectivity index (χ1) is 16.9. The second kappa shape index (κ2) is 9.03. The number of halogens is 1. The number of imidazole rings is 1. The van der Waals surface area contributed by atoms with Crippen LogP contribution in [0.25, 0.3) is 16.9 Å². The Morgan fingerprint density at radius 3 is 2.31 bits per heavy atom. The molecule has 0 aliphatic carbocycles. The van der Waals surface area contributed by atoms with Crippen LogP contribution < -0.4 is 11.2 Å². The summed E-state index contributed by atoms with van der Waals surface area (Å²) in [6, 6.07) is 22.0. The summed E-state index contributed by atoms with van der Waals surface area (Å²) in [6.45, 7) is 0.238. The maximum Gasteiger partial charge on any atom is 0.337 e. The van der Waals surface area contributed by atoms with E-state index in [-0.39, 0.29) is 29.9 Å². The molecular weight excluding hydrogens is 470 g/mol. The maximum atomic E-state index is 13.6. The van der Waals surface area contributed by atoms with Gasteiger partial charge >= 0.3 is 5.69 Å². The van der Waals surface area contributed by atoms with Gasteiger partial charge in [0.25, 0.3) is 11.2 Å². The van der Waals surface area contributed by atoms with Crippen LogP contribution >= 0.6 is 11.6 Å². The molecule has 2 aromatic heterocycles. The van der Waals surface area contributed by atoms with Gasteiger partial charge in [0.1, 0.15) is 0 Å². The quantitative estimate of drug-likeness (QED) is 0.266. The highest BCUT2D eigenvalue weighted by molar-refractivity contribution is 6.30. The maximum absolute atomic E-state index is 13.6. The molecule has 35 heavy (non-hydrogen) atoms. The lowest BCUT2D eigenvalue weighted by Crippen LogP contribution is -2.40. The Bertz CT molecular complexity index is 1670. The van der Waals surface area contributed by atoms with Crippen LogP contribution in [0, 0.1) is 10.1 Å². The minimum absolute atomic E-state index is 0.0496. The Labute approximate surface area is 203 Å². The zero-order valence-corrected chi connectivity index (χ0v) is 19.0. The third-order valence-corrected chi connectivity index (χ3v) is 5.89. The highest BCUT2D eigenvalue weighted by Gasteiger charge is 2.20. The largest absolute Gasteiger partial charge is 0.337 e. The average Bonchev–Trinajstić information content (AvgIpc) is 3.27. The van der Waals surface area contributed by atoms with Crippen molar-refractivity contribution in [2.75, 3.05) is 0 Å². The van der Waals surface area contributed by atoms with E-state index in [4.69, 9.17) is 11.6 Å². The van der Waals surface area contributed by atoms with E-state index in [1.807, 2.05) is 30.3 Å². The number of non-ortho nitro benzene ring substituents is 1. The van der Waals surface area contributed by atoms with Crippen molar-refractivity contribution in [2.45, 2.75) is 13.1 Å². The van der Waals surface area contributed by atoms with E-state index in [1.54, 1.807) is 41.0 Å². The van der Waals surface area contributed by atoms with Gasteiger partial charge < -0.3 is 4.57 Å². The number of hydrogen-bond donors (Lipinski definition) is 0. The van der Waals surface area contributed by atoms with E-state index in [0.717, 1.165) is 10.1 Å². The zero-order valence-electron chi connectivity index (χ0n) is 18.2. The van der Waals surface area contributed by atoms with E-state index < -0.39 is 16.2 Å². The van der Waals surface area contributed by atoms with Gasteiger partial charge in [0.2, 0.25) is 0 Å². The second-order valence-electron chi connectivity index (χ2n) is 7.94. The summed E-state index contributed by atoms with van der Waals surface area (Å²) in [7, 11) is 0. The number of nitro groups is 1. The molecule has 0 atom stereocenters. The Kier molecular flexibility index (Phi) is 5.76. The van der Waals surface area contributed by atoms with Crippen molar-refractivity contribution in [2.24, 2.45) is 0 Å². The molecule has 174 valence electrons. The van der Waals surface area contributed by atoms with E-state index in [0.29, 0.717) is 16.3 Å². The van der Waals surface area contributed by atoms with Crippen LogP contribution in [0.4, 0.5) is 5.69 Å². The molecule has 2 heterocycles. The predicted octanol–water partition coefficient (Wildman–Crippen LogP) is 4.01. The molecule has 0 aliphatic heterocycles. The van der Waals surface area contributed by atoms with E-state index in [2.05, 4.69) is 4.98 Å². The fraction of sp³-hybridized carbons (Fsp3) is 0.0800. The molecule has 0 saturated carbocycles. The van der Waals surface area contributed by atoms with Gasteiger partial charge in [-0.15, -0.1) is 0 Å². The highest BCUT2D eigenvalue weighted by atomic mass is 35.5. The number of aromatic nitrogens is 4. The summed E-state index contributed by atoms with van der Waals surface area (Å²) in [5.74, 6) is 0. The van der Waals surface area contributed by atoms with E-state index >= 15 is 0 Å². The van der Waals surface area contributed by atoms with Crippen LogP contribution in [0.2, 0.25) is 5.02 Å². The topological polar surface area (TPSA) is 105 Å². The fourth-order valence-corrected chi connectivity index (χ4v) is 4.12. The first kappa shape index (κ1) is 22.3. The van der Waals surface area contributed by atoms with Gasteiger partial charge in [-0.05, 0) is 35.4 Å². The zero-order chi connectivity index (χ0) is 24.5. The van der Waals surface area contributed by atoms with Crippen LogP contribution in [0.1, 0.15) is 11.1 Å². The third-order valence-electron chi connectivity index (χ3n) is 5.64. The normalized spacial score (nSPS) is 11.1. The summed E-state index contributed by atoms with van der Waals surface area (Å²) in [5.41, 5.74) is 1.24. The number of nitro benzene ring substituents is 1. The Hall–Kier alpha value is -4.50. The highest BCUT2D eigenvalue weighted by Crippen LogP contribution is 2.19. The fourth-order valence-electron chi connectivity index (χ4n) is 3.99. The van der Waals surface area contributed by atoms with Gasteiger partial charge in [-0.1, -0.05) is 54.1 Å². The molecule has 3 aromatic carbocycles. The molecule has 0 unspecified atom stereocenters. The smallest absolute Gasteiger partial charge is 0.320 e. The molecule has 0 fully saturated rings. The number of fused-ring (bicyclic) bond motifs is 1. The summed E-state index contributed by atoms with van der Waals surface area (Å²) in [5, 5.41) is 11.7. The summed E-state index contributed by atoms with van der Waals surface area (Å²) in [4.78, 5) is 42.3. The van der Waals surface area contributed by atoms with Gasteiger partial charge in [0.15, 0.2) is 11.2 Å². The molecule has 0 aliphatic rings. The van der Waals surface area contributed by atoms with Crippen LogP contribution in [-0.2, 0) is 13.1 Å². The molecule has 0 N–H and O–H groups in total. The van der Waals surface area contributed by atoms with Crippen molar-refractivity contribution in [3.8, 4) is 5.69 Å². The Balaban J connectivity index is 1.73. The van der Waals surface area contributed by atoms with Crippen molar-refractivity contribution in [3.63, 3.8) is 0 Å². The number of nitrogens with zero attached hydrogens (tertiary/aromatic N) is 5. The van der Waals surface area contributed by atoms with Crippen LogP contribution in [0.15, 0.2) is 94.8 Å². The van der Waals surface area contributed by atoms with E-state index in [9.17, 15) is 19.7 Å². The lowest BCUT2D eigenvalue weighted by molar-refractivity contribution is -0.384. The molecule has 0 amide bonds. The third kappa shape index (κ3) is 4.24. The molecular formula is C25H18ClN5O4. The summed E-state index contributed by atoms with van der Waals surface area (Å²) < 4.78 is 4.14. The Morgan fingerprint density at radius 1 is 0.886 bits per heavy atom. The lowest BCUT2D eigenvalue weighted by Gasteiger charge is -2.13. The number of hydrogen-bond acceptors (Lipinski definition) is 5. The standard InChI is InChI=1S/C25H18ClN5O4/c26-19-9-11-20(12-10-19)30-23-22(24(32)29(25(30)33)15-17-5-2-1-3-6-17)28(16-27-23)14-18-7-4-8-21(13-18)31(34)35/h1-13,16H,14-15H2. The SMILES string of the molecule is O=c1c2c(ncn2Cc2cccc([N+](=O)[O-])c2)n(-c2ccc(Cl)cc2)c(=O)n1Cc1ccccc1. The molecule has 9 nitrogen and oxygen atoms in total. The molecule has 10 heteroatoms. The average molecular weight is 488 g/mol. The van der Waals surface area contributed by atoms with Crippen molar-refractivity contribution in [1.82, 2.24) is 18.7 Å². The minimum atomic E-state index is -0.533. The first-order valence-corrected chi connectivity index (χ1v) is 11.0. The monoisotopic (exact) mass is 487 g/mol.